The smallest absolute Gasteiger partial charge is 0.242 e. The molecular weight excluding hydrogens is 268 g/mol. The fraction of sp³-hybridized carbons (Fsp3) is 0.400. The van der Waals surface area contributed by atoms with Crippen LogP contribution in [-0.4, -0.2) is 35.0 Å². The number of nitrogens with zero attached hydrogens (tertiary/aromatic N) is 3. The highest BCUT2D eigenvalue weighted by molar-refractivity contribution is 5.85. The van der Waals surface area contributed by atoms with Crippen LogP contribution < -0.4 is 10.2 Å². The number of carbonyl (C=O) groups is 1. The van der Waals surface area contributed by atoms with E-state index in [1.165, 1.54) is 0 Å². The Labute approximate surface area is 123 Å². The molecule has 3 rings (SSSR count). The Hall–Kier alpha value is -2.37. The Morgan fingerprint density at radius 2 is 2.24 bits per heavy atom. The van der Waals surface area contributed by atoms with Gasteiger partial charge in [-0.3, -0.25) is 4.79 Å². The number of amides is 1. The van der Waals surface area contributed by atoms with Gasteiger partial charge in [-0.1, -0.05) is 0 Å². The predicted octanol–water partition coefficient (Wildman–Crippen LogP) is 1.40. The summed E-state index contributed by atoms with van der Waals surface area (Å²) in [6, 6.07) is 5.36. The van der Waals surface area contributed by atoms with E-state index in [0.29, 0.717) is 18.9 Å². The molecule has 1 aliphatic rings. The van der Waals surface area contributed by atoms with Crippen LogP contribution >= 0.6 is 0 Å². The predicted molar refractivity (Wildman–Crippen MR) is 77.8 cm³/mol. The highest BCUT2D eigenvalue weighted by Gasteiger charge is 2.32. The Bertz CT molecular complexity index is 571. The molecule has 110 valence electrons. The van der Waals surface area contributed by atoms with Gasteiger partial charge in [0.15, 0.2) is 0 Å². The Balaban J connectivity index is 1.56. The quantitative estimate of drug-likeness (QED) is 0.899. The summed E-state index contributed by atoms with van der Waals surface area (Å²) in [5.74, 6) is 1.54. The minimum absolute atomic E-state index is 0.0338. The maximum Gasteiger partial charge on any atom is 0.242 e. The van der Waals surface area contributed by atoms with Crippen LogP contribution in [-0.2, 0) is 11.2 Å². The molecule has 6 nitrogen and oxygen atoms in total. The summed E-state index contributed by atoms with van der Waals surface area (Å²) in [6.45, 7) is 1.40. The van der Waals surface area contributed by atoms with Crippen molar-refractivity contribution in [1.82, 2.24) is 15.3 Å². The molecule has 1 N–H and O–H groups in total. The molecule has 1 atom stereocenters. The van der Waals surface area contributed by atoms with Gasteiger partial charge in [-0.2, -0.15) is 0 Å². The number of anilines is 1. The zero-order valence-electron chi connectivity index (χ0n) is 11.7. The van der Waals surface area contributed by atoms with Crippen LogP contribution in [0.25, 0.3) is 0 Å². The van der Waals surface area contributed by atoms with Gasteiger partial charge in [-0.05, 0) is 31.0 Å². The fourth-order valence-corrected chi connectivity index (χ4v) is 2.60. The van der Waals surface area contributed by atoms with Gasteiger partial charge in [0.2, 0.25) is 11.9 Å². The summed E-state index contributed by atoms with van der Waals surface area (Å²) in [5.41, 5.74) is 0. The van der Waals surface area contributed by atoms with Crippen molar-refractivity contribution in [2.45, 2.75) is 25.3 Å². The van der Waals surface area contributed by atoms with Crippen molar-refractivity contribution < 1.29 is 9.21 Å². The lowest BCUT2D eigenvalue weighted by Crippen LogP contribution is -2.44. The van der Waals surface area contributed by atoms with Gasteiger partial charge in [0.1, 0.15) is 11.8 Å². The standard InChI is InChI=1S/C15H18N4O2/c20-14(16-9-6-12-4-2-11-21-12)13-5-1-10-19(13)15-17-7-3-8-18-15/h2-4,7-8,11,13H,1,5-6,9-10H2,(H,16,20)/t13-/m1/s1. The van der Waals surface area contributed by atoms with E-state index >= 15 is 0 Å². The molecule has 1 fully saturated rings. The number of carbonyl (C=O) groups excluding carboxylic acids is 1. The molecule has 21 heavy (non-hydrogen) atoms. The molecular formula is C15H18N4O2. The van der Waals surface area contributed by atoms with Gasteiger partial charge in [-0.15, -0.1) is 0 Å². The number of furan rings is 1. The fourth-order valence-electron chi connectivity index (χ4n) is 2.60. The Morgan fingerprint density at radius 3 is 3.00 bits per heavy atom. The van der Waals surface area contributed by atoms with Gasteiger partial charge in [0, 0.05) is 31.9 Å². The topological polar surface area (TPSA) is 71.3 Å². The van der Waals surface area contributed by atoms with Crippen molar-refractivity contribution in [3.05, 3.63) is 42.6 Å². The normalized spacial score (nSPS) is 17.9. The second-order valence-corrected chi connectivity index (χ2v) is 5.02. The van der Waals surface area contributed by atoms with Gasteiger partial charge in [0.25, 0.3) is 0 Å². The summed E-state index contributed by atoms with van der Waals surface area (Å²) in [6.07, 6.45) is 7.56. The van der Waals surface area contributed by atoms with Crippen molar-refractivity contribution in [3.8, 4) is 0 Å². The van der Waals surface area contributed by atoms with E-state index < -0.39 is 0 Å². The van der Waals surface area contributed by atoms with Crippen LogP contribution in [0, 0.1) is 0 Å². The summed E-state index contributed by atoms with van der Waals surface area (Å²) < 4.78 is 5.25. The number of rotatable bonds is 5. The van der Waals surface area contributed by atoms with Crippen molar-refractivity contribution in [2.75, 3.05) is 18.0 Å². The maximum absolute atomic E-state index is 12.3. The van der Waals surface area contributed by atoms with Crippen LogP contribution in [0.2, 0.25) is 0 Å². The first-order chi connectivity index (χ1) is 10.3. The van der Waals surface area contributed by atoms with Crippen LogP contribution in [0.15, 0.2) is 41.3 Å². The number of nitrogens with one attached hydrogen (secondary N) is 1. The lowest BCUT2D eigenvalue weighted by molar-refractivity contribution is -0.122. The van der Waals surface area contributed by atoms with Crippen LogP contribution in [0.4, 0.5) is 5.95 Å². The van der Waals surface area contributed by atoms with E-state index in [1.807, 2.05) is 17.0 Å². The van der Waals surface area contributed by atoms with Crippen LogP contribution in [0.1, 0.15) is 18.6 Å². The highest BCUT2D eigenvalue weighted by atomic mass is 16.3. The van der Waals surface area contributed by atoms with E-state index in [2.05, 4.69) is 15.3 Å². The molecule has 0 saturated carbocycles. The zero-order chi connectivity index (χ0) is 14.5. The number of hydrogen-bond donors (Lipinski definition) is 1. The van der Waals surface area contributed by atoms with Gasteiger partial charge >= 0.3 is 0 Å². The van der Waals surface area contributed by atoms with E-state index in [0.717, 1.165) is 25.1 Å². The largest absolute Gasteiger partial charge is 0.469 e. The highest BCUT2D eigenvalue weighted by Crippen LogP contribution is 2.21. The Morgan fingerprint density at radius 1 is 1.38 bits per heavy atom. The summed E-state index contributed by atoms with van der Waals surface area (Å²) in [4.78, 5) is 22.8. The molecule has 3 heterocycles. The minimum atomic E-state index is -0.177. The molecule has 2 aromatic rings. The van der Waals surface area contributed by atoms with Crippen molar-refractivity contribution in [3.63, 3.8) is 0 Å². The molecule has 0 spiro atoms. The molecule has 6 heteroatoms. The molecule has 1 aliphatic heterocycles. The van der Waals surface area contributed by atoms with E-state index in [-0.39, 0.29) is 11.9 Å². The summed E-state index contributed by atoms with van der Waals surface area (Å²) >= 11 is 0. The third-order valence-electron chi connectivity index (χ3n) is 3.62. The molecule has 0 radical (unpaired) electrons. The second-order valence-electron chi connectivity index (χ2n) is 5.02. The molecule has 0 aromatic carbocycles. The average Bonchev–Trinajstić information content (AvgIpc) is 3.19. The van der Waals surface area contributed by atoms with Crippen LogP contribution in [0.5, 0.6) is 0 Å². The summed E-state index contributed by atoms with van der Waals surface area (Å²) in [7, 11) is 0. The second kappa shape index (κ2) is 6.39. The lowest BCUT2D eigenvalue weighted by Gasteiger charge is -2.23. The lowest BCUT2D eigenvalue weighted by atomic mass is 10.2. The molecule has 0 aliphatic carbocycles. The third-order valence-corrected chi connectivity index (χ3v) is 3.62. The van der Waals surface area contributed by atoms with Gasteiger partial charge in [0.05, 0.1) is 6.26 Å². The molecule has 0 bridgehead atoms. The van der Waals surface area contributed by atoms with Crippen molar-refractivity contribution >= 4 is 11.9 Å². The van der Waals surface area contributed by atoms with Gasteiger partial charge < -0.3 is 14.6 Å². The number of hydrogen-bond acceptors (Lipinski definition) is 5. The molecule has 1 amide bonds. The summed E-state index contributed by atoms with van der Waals surface area (Å²) in [5, 5.41) is 2.97. The zero-order valence-corrected chi connectivity index (χ0v) is 11.7. The molecule has 2 aromatic heterocycles. The Kier molecular flexibility index (Phi) is 4.14. The van der Waals surface area contributed by atoms with E-state index in [1.54, 1.807) is 24.7 Å². The first-order valence-corrected chi connectivity index (χ1v) is 7.18. The number of aromatic nitrogens is 2. The molecule has 1 saturated heterocycles. The first-order valence-electron chi connectivity index (χ1n) is 7.18. The van der Waals surface area contributed by atoms with E-state index in [4.69, 9.17) is 4.42 Å². The third kappa shape index (κ3) is 3.21. The SMILES string of the molecule is O=C(NCCc1ccco1)[C@H]1CCCN1c1ncccn1. The minimum Gasteiger partial charge on any atom is -0.469 e. The maximum atomic E-state index is 12.3. The monoisotopic (exact) mass is 286 g/mol. The average molecular weight is 286 g/mol. The molecule has 0 unspecified atom stereocenters. The van der Waals surface area contributed by atoms with Crippen LogP contribution in [0.3, 0.4) is 0 Å². The van der Waals surface area contributed by atoms with Gasteiger partial charge in [-0.25, -0.2) is 9.97 Å². The van der Waals surface area contributed by atoms with E-state index in [9.17, 15) is 4.79 Å². The van der Waals surface area contributed by atoms with Crippen molar-refractivity contribution in [2.24, 2.45) is 0 Å². The first kappa shape index (κ1) is 13.6. The van der Waals surface area contributed by atoms with Crippen molar-refractivity contribution in [1.29, 1.82) is 0 Å².